The highest BCUT2D eigenvalue weighted by Gasteiger charge is 2.16. The highest BCUT2D eigenvalue weighted by atomic mass is 35.5. The minimum atomic E-state index is -0.459. The minimum absolute atomic E-state index is 0.0798. The number of hydrogen-bond acceptors (Lipinski definition) is 4. The summed E-state index contributed by atoms with van der Waals surface area (Å²) in [4.78, 5) is 28.5. The van der Waals surface area contributed by atoms with Gasteiger partial charge in [0.25, 0.3) is 5.91 Å². The van der Waals surface area contributed by atoms with Crippen LogP contribution in [0.2, 0.25) is 5.02 Å². The van der Waals surface area contributed by atoms with Crippen molar-refractivity contribution in [3.63, 3.8) is 0 Å². The number of nitrogens with one attached hydrogen (secondary N) is 1. The number of hydrogen-bond donors (Lipinski definition) is 1. The number of Topliss-reactive ketones (excluding diaryl/α,β-unsaturated/α-hetero) is 1. The standard InChI is InChI=1S/C19H17ClN4O2/c1-11-9-12(2)24(23-11)17-8-7-16(20)18(22-17)19(26)21-15-6-4-5-14(10-15)13(3)25/h4-10H,1-3H3,(H,21,26). The summed E-state index contributed by atoms with van der Waals surface area (Å²) in [6, 6.07) is 11.9. The van der Waals surface area contributed by atoms with E-state index in [-0.39, 0.29) is 16.5 Å². The van der Waals surface area contributed by atoms with Gasteiger partial charge in [-0.15, -0.1) is 0 Å². The van der Waals surface area contributed by atoms with Crippen LogP contribution in [0, 0.1) is 13.8 Å². The van der Waals surface area contributed by atoms with Gasteiger partial charge in [-0.1, -0.05) is 23.7 Å². The van der Waals surface area contributed by atoms with E-state index in [1.165, 1.54) is 6.92 Å². The van der Waals surface area contributed by atoms with Crippen molar-refractivity contribution in [2.45, 2.75) is 20.8 Å². The smallest absolute Gasteiger partial charge is 0.275 e. The molecule has 0 aliphatic heterocycles. The molecule has 0 saturated carbocycles. The average Bonchev–Trinajstić information content (AvgIpc) is 2.93. The Morgan fingerprint density at radius 3 is 2.54 bits per heavy atom. The first-order valence-corrected chi connectivity index (χ1v) is 8.35. The van der Waals surface area contributed by atoms with Gasteiger partial charge in [0.1, 0.15) is 5.69 Å². The van der Waals surface area contributed by atoms with Crippen molar-refractivity contribution in [3.05, 3.63) is 70.1 Å². The van der Waals surface area contributed by atoms with Gasteiger partial charge in [-0.2, -0.15) is 5.10 Å². The van der Waals surface area contributed by atoms with Gasteiger partial charge in [-0.05, 0) is 51.1 Å². The first kappa shape index (κ1) is 17.8. The molecule has 2 heterocycles. The average molecular weight is 369 g/mol. The summed E-state index contributed by atoms with van der Waals surface area (Å²) < 4.78 is 1.65. The molecule has 0 atom stereocenters. The molecule has 6 nitrogen and oxygen atoms in total. The van der Waals surface area contributed by atoms with Gasteiger partial charge >= 0.3 is 0 Å². The van der Waals surface area contributed by atoms with E-state index >= 15 is 0 Å². The van der Waals surface area contributed by atoms with Crippen molar-refractivity contribution in [1.29, 1.82) is 0 Å². The summed E-state index contributed by atoms with van der Waals surface area (Å²) in [6.45, 7) is 5.26. The number of benzene rings is 1. The van der Waals surface area contributed by atoms with Gasteiger partial charge in [-0.25, -0.2) is 9.67 Å². The Balaban J connectivity index is 1.92. The predicted molar refractivity (Wildman–Crippen MR) is 100 cm³/mol. The number of nitrogens with zero attached hydrogens (tertiary/aromatic N) is 3. The van der Waals surface area contributed by atoms with E-state index in [0.717, 1.165) is 11.4 Å². The molecule has 0 unspecified atom stereocenters. The van der Waals surface area contributed by atoms with E-state index in [1.807, 2.05) is 19.9 Å². The summed E-state index contributed by atoms with van der Waals surface area (Å²) in [7, 11) is 0. The van der Waals surface area contributed by atoms with Gasteiger partial charge in [0.15, 0.2) is 11.6 Å². The highest BCUT2D eigenvalue weighted by Crippen LogP contribution is 2.20. The molecule has 1 amide bonds. The third kappa shape index (κ3) is 3.65. The molecule has 2 aromatic heterocycles. The molecule has 0 saturated heterocycles. The van der Waals surface area contributed by atoms with E-state index in [1.54, 1.807) is 41.1 Å². The zero-order valence-corrected chi connectivity index (χ0v) is 15.3. The highest BCUT2D eigenvalue weighted by molar-refractivity contribution is 6.34. The number of rotatable bonds is 4. The first-order chi connectivity index (χ1) is 12.3. The van der Waals surface area contributed by atoms with Gasteiger partial charge in [0.05, 0.1) is 10.7 Å². The summed E-state index contributed by atoms with van der Waals surface area (Å²) in [6.07, 6.45) is 0. The van der Waals surface area contributed by atoms with E-state index in [0.29, 0.717) is 17.1 Å². The fraction of sp³-hybridized carbons (Fsp3) is 0.158. The normalized spacial score (nSPS) is 10.6. The van der Waals surface area contributed by atoms with Crippen LogP contribution >= 0.6 is 11.6 Å². The Kier molecular flexibility index (Phi) is 4.86. The molecule has 1 N–H and O–H groups in total. The molecular weight excluding hydrogens is 352 g/mol. The maximum absolute atomic E-state index is 12.6. The second-order valence-corrected chi connectivity index (χ2v) is 6.34. The quantitative estimate of drug-likeness (QED) is 0.706. The number of pyridine rings is 1. The molecule has 26 heavy (non-hydrogen) atoms. The van der Waals surface area contributed by atoms with E-state index in [4.69, 9.17) is 11.6 Å². The molecule has 7 heteroatoms. The molecular formula is C19H17ClN4O2. The van der Waals surface area contributed by atoms with Crippen molar-refractivity contribution in [2.75, 3.05) is 5.32 Å². The van der Waals surface area contributed by atoms with Crippen molar-refractivity contribution in [1.82, 2.24) is 14.8 Å². The second kappa shape index (κ2) is 7.09. The molecule has 1 aromatic carbocycles. The topological polar surface area (TPSA) is 76.9 Å². The van der Waals surface area contributed by atoms with E-state index in [9.17, 15) is 9.59 Å². The lowest BCUT2D eigenvalue weighted by molar-refractivity contribution is 0.100. The monoisotopic (exact) mass is 368 g/mol. The Bertz CT molecular complexity index is 1010. The molecule has 0 aliphatic rings. The molecule has 132 valence electrons. The Hall–Kier alpha value is -2.99. The number of carbonyl (C=O) groups is 2. The summed E-state index contributed by atoms with van der Waals surface area (Å²) >= 11 is 6.16. The van der Waals surface area contributed by atoms with Crippen LogP contribution in [-0.4, -0.2) is 26.5 Å². The lowest BCUT2D eigenvalue weighted by Crippen LogP contribution is -2.16. The third-order valence-electron chi connectivity index (χ3n) is 3.80. The summed E-state index contributed by atoms with van der Waals surface area (Å²) in [5.74, 6) is -0.0366. The van der Waals surface area contributed by atoms with Crippen molar-refractivity contribution in [3.8, 4) is 5.82 Å². The zero-order valence-electron chi connectivity index (χ0n) is 14.6. The molecule has 0 bridgehead atoms. The SMILES string of the molecule is CC(=O)c1cccc(NC(=O)c2nc(-n3nc(C)cc3C)ccc2Cl)c1. The Labute approximate surface area is 155 Å². The Morgan fingerprint density at radius 1 is 1.12 bits per heavy atom. The van der Waals surface area contributed by atoms with Gasteiger partial charge in [0.2, 0.25) is 0 Å². The van der Waals surface area contributed by atoms with Crippen LogP contribution in [-0.2, 0) is 0 Å². The molecule has 0 fully saturated rings. The van der Waals surface area contributed by atoms with Crippen LogP contribution in [0.1, 0.15) is 39.2 Å². The van der Waals surface area contributed by atoms with Crippen LogP contribution in [0.15, 0.2) is 42.5 Å². The van der Waals surface area contributed by atoms with Gasteiger partial charge < -0.3 is 5.32 Å². The largest absolute Gasteiger partial charge is 0.321 e. The molecule has 0 spiro atoms. The van der Waals surface area contributed by atoms with E-state index < -0.39 is 5.91 Å². The maximum Gasteiger partial charge on any atom is 0.275 e. The minimum Gasteiger partial charge on any atom is -0.321 e. The van der Waals surface area contributed by atoms with Gasteiger partial charge in [0, 0.05) is 16.9 Å². The fourth-order valence-corrected chi connectivity index (χ4v) is 2.77. The summed E-state index contributed by atoms with van der Waals surface area (Å²) in [5.41, 5.74) is 2.85. The number of aryl methyl sites for hydroxylation is 2. The number of amides is 1. The molecule has 0 aliphatic carbocycles. The fourth-order valence-electron chi connectivity index (χ4n) is 2.58. The second-order valence-electron chi connectivity index (χ2n) is 5.93. The predicted octanol–water partition coefficient (Wildman–Crippen LogP) is 3.99. The van der Waals surface area contributed by atoms with Crippen molar-refractivity contribution < 1.29 is 9.59 Å². The maximum atomic E-state index is 12.6. The Morgan fingerprint density at radius 2 is 1.88 bits per heavy atom. The van der Waals surface area contributed by atoms with E-state index in [2.05, 4.69) is 15.4 Å². The number of anilines is 1. The number of aromatic nitrogens is 3. The van der Waals surface area contributed by atoms with Crippen molar-refractivity contribution in [2.24, 2.45) is 0 Å². The third-order valence-corrected chi connectivity index (χ3v) is 4.10. The first-order valence-electron chi connectivity index (χ1n) is 7.97. The number of ketones is 1. The van der Waals surface area contributed by atoms with Crippen molar-refractivity contribution >= 4 is 29.0 Å². The number of carbonyl (C=O) groups excluding carboxylic acids is 2. The lowest BCUT2D eigenvalue weighted by atomic mass is 10.1. The molecule has 3 aromatic rings. The summed E-state index contributed by atoms with van der Waals surface area (Å²) in [5, 5.41) is 7.32. The van der Waals surface area contributed by atoms with Crippen LogP contribution < -0.4 is 5.32 Å². The molecule has 3 rings (SSSR count). The van der Waals surface area contributed by atoms with Gasteiger partial charge in [-0.3, -0.25) is 9.59 Å². The lowest BCUT2D eigenvalue weighted by Gasteiger charge is -2.09. The van der Waals surface area contributed by atoms with Crippen LogP contribution in [0.3, 0.4) is 0 Å². The van der Waals surface area contributed by atoms with Crippen LogP contribution in [0.25, 0.3) is 5.82 Å². The van der Waals surface area contributed by atoms with Crippen LogP contribution in [0.4, 0.5) is 5.69 Å². The van der Waals surface area contributed by atoms with Crippen LogP contribution in [0.5, 0.6) is 0 Å². The zero-order chi connectivity index (χ0) is 18.8. The molecule has 0 radical (unpaired) electrons. The number of halogens is 1.